The van der Waals surface area contributed by atoms with E-state index in [0.29, 0.717) is 6.04 Å². The first-order valence-electron chi connectivity index (χ1n) is 4.20. The van der Waals surface area contributed by atoms with Crippen LogP contribution in [0, 0.1) is 5.92 Å². The Morgan fingerprint density at radius 1 is 1.30 bits per heavy atom. The fourth-order valence-corrected chi connectivity index (χ4v) is 2.57. The topological polar surface area (TPSA) is 3.24 Å². The summed E-state index contributed by atoms with van der Waals surface area (Å²) in [5.74, 6) is 1.85. The smallest absolute Gasteiger partial charge is 0.0379 e. The van der Waals surface area contributed by atoms with Gasteiger partial charge in [-0.3, -0.25) is 4.90 Å². The van der Waals surface area contributed by atoms with Gasteiger partial charge in [-0.25, -0.2) is 0 Å². The number of hydrogen-bond acceptors (Lipinski definition) is 1. The number of halogens is 1. The maximum atomic E-state index is 5.83. The maximum Gasteiger partial charge on any atom is 0.0379 e. The number of fused-ring (bicyclic) bond motifs is 3. The highest BCUT2D eigenvalue weighted by atomic mass is 35.5. The van der Waals surface area contributed by atoms with Crippen LogP contribution in [0.15, 0.2) is 0 Å². The van der Waals surface area contributed by atoms with E-state index in [4.69, 9.17) is 11.6 Å². The summed E-state index contributed by atoms with van der Waals surface area (Å²) < 4.78 is 0. The molecule has 3 saturated heterocycles. The molecule has 10 heavy (non-hydrogen) atoms. The van der Waals surface area contributed by atoms with Crippen molar-refractivity contribution in [3.05, 3.63) is 0 Å². The van der Waals surface area contributed by atoms with E-state index in [1.54, 1.807) is 0 Å². The molecular weight excluding hydrogens is 146 g/mol. The minimum absolute atomic E-state index is 0.717. The number of piperidine rings is 3. The number of nitrogens with zero attached hydrogens (tertiary/aromatic N) is 1. The van der Waals surface area contributed by atoms with E-state index in [-0.39, 0.29) is 0 Å². The summed E-state index contributed by atoms with van der Waals surface area (Å²) in [4.78, 5) is 2.55. The summed E-state index contributed by atoms with van der Waals surface area (Å²) in [5.41, 5.74) is 0. The van der Waals surface area contributed by atoms with E-state index < -0.39 is 0 Å². The summed E-state index contributed by atoms with van der Waals surface area (Å²) in [5, 5.41) is 0. The predicted octanol–water partition coefficient (Wildman–Crippen LogP) is 1.71. The Labute approximate surface area is 67.3 Å². The van der Waals surface area contributed by atoms with E-state index in [1.165, 1.54) is 32.4 Å². The van der Waals surface area contributed by atoms with Crippen molar-refractivity contribution >= 4 is 11.6 Å². The summed E-state index contributed by atoms with van der Waals surface area (Å²) in [7, 11) is 0. The van der Waals surface area contributed by atoms with Gasteiger partial charge in [0.1, 0.15) is 0 Å². The van der Waals surface area contributed by atoms with Crippen LogP contribution in [0.25, 0.3) is 0 Å². The van der Waals surface area contributed by atoms with Gasteiger partial charge in [-0.1, -0.05) is 0 Å². The second-order valence-electron chi connectivity index (χ2n) is 3.52. The molecule has 1 nitrogen and oxygen atoms in total. The van der Waals surface area contributed by atoms with Gasteiger partial charge in [-0.05, 0) is 38.3 Å². The highest BCUT2D eigenvalue weighted by Gasteiger charge is 2.32. The lowest BCUT2D eigenvalue weighted by atomic mass is 9.84. The third-order valence-corrected chi connectivity index (χ3v) is 3.31. The Balaban J connectivity index is 2.01. The van der Waals surface area contributed by atoms with Gasteiger partial charge in [0.25, 0.3) is 0 Å². The minimum atomic E-state index is 0.717. The number of alkyl halides is 1. The standard InChI is InChI=1S/C8H14ClN/c9-6-8-5-7-1-3-10(8)4-2-7/h7-8H,1-6H2. The summed E-state index contributed by atoms with van der Waals surface area (Å²) in [6.07, 6.45) is 4.21. The first kappa shape index (κ1) is 6.93. The molecule has 1 unspecified atom stereocenters. The Morgan fingerprint density at radius 3 is 2.30 bits per heavy atom. The summed E-state index contributed by atoms with van der Waals surface area (Å²) in [6.45, 7) is 2.62. The molecule has 0 spiro atoms. The van der Waals surface area contributed by atoms with Crippen LogP contribution >= 0.6 is 11.6 Å². The summed E-state index contributed by atoms with van der Waals surface area (Å²) in [6, 6.07) is 0.717. The van der Waals surface area contributed by atoms with Gasteiger partial charge in [-0.15, -0.1) is 11.6 Å². The molecule has 0 saturated carbocycles. The van der Waals surface area contributed by atoms with Crippen molar-refractivity contribution in [2.75, 3.05) is 19.0 Å². The molecule has 3 aliphatic rings. The van der Waals surface area contributed by atoms with Crippen LogP contribution in [0.2, 0.25) is 0 Å². The molecule has 2 heteroatoms. The molecule has 58 valence electrons. The second kappa shape index (κ2) is 2.71. The van der Waals surface area contributed by atoms with Gasteiger partial charge in [0.15, 0.2) is 0 Å². The van der Waals surface area contributed by atoms with E-state index in [9.17, 15) is 0 Å². The molecule has 3 fully saturated rings. The highest BCUT2D eigenvalue weighted by Crippen LogP contribution is 2.31. The zero-order valence-corrected chi connectivity index (χ0v) is 6.98. The van der Waals surface area contributed by atoms with Crippen LogP contribution in [-0.2, 0) is 0 Å². The largest absolute Gasteiger partial charge is 0.299 e. The van der Waals surface area contributed by atoms with Gasteiger partial charge in [0.05, 0.1) is 0 Å². The van der Waals surface area contributed by atoms with Crippen molar-refractivity contribution in [1.29, 1.82) is 0 Å². The zero-order valence-electron chi connectivity index (χ0n) is 6.22. The van der Waals surface area contributed by atoms with Crippen LogP contribution in [0.4, 0.5) is 0 Å². The van der Waals surface area contributed by atoms with Crippen molar-refractivity contribution in [2.45, 2.75) is 25.3 Å². The fourth-order valence-electron chi connectivity index (χ4n) is 2.25. The van der Waals surface area contributed by atoms with E-state index in [2.05, 4.69) is 4.90 Å². The maximum absolute atomic E-state index is 5.83. The third-order valence-electron chi connectivity index (χ3n) is 2.95. The Hall–Kier alpha value is 0.250. The monoisotopic (exact) mass is 159 g/mol. The van der Waals surface area contributed by atoms with E-state index in [0.717, 1.165) is 11.8 Å². The van der Waals surface area contributed by atoms with Crippen molar-refractivity contribution in [3.63, 3.8) is 0 Å². The van der Waals surface area contributed by atoms with Gasteiger partial charge >= 0.3 is 0 Å². The fraction of sp³-hybridized carbons (Fsp3) is 1.00. The van der Waals surface area contributed by atoms with Crippen LogP contribution in [0.5, 0.6) is 0 Å². The van der Waals surface area contributed by atoms with E-state index in [1.807, 2.05) is 0 Å². The average Bonchev–Trinajstić information content (AvgIpc) is 2.06. The third kappa shape index (κ3) is 1.06. The lowest BCUT2D eigenvalue weighted by molar-refractivity contribution is 0.0611. The molecule has 2 bridgehead atoms. The zero-order chi connectivity index (χ0) is 6.97. The molecule has 0 aromatic rings. The molecule has 3 rings (SSSR count). The van der Waals surface area contributed by atoms with Crippen molar-refractivity contribution in [1.82, 2.24) is 4.90 Å². The molecule has 0 aliphatic carbocycles. The van der Waals surface area contributed by atoms with Crippen LogP contribution in [0.3, 0.4) is 0 Å². The molecule has 3 aliphatic heterocycles. The van der Waals surface area contributed by atoms with E-state index >= 15 is 0 Å². The first-order chi connectivity index (χ1) is 4.90. The van der Waals surface area contributed by atoms with Crippen LogP contribution in [0.1, 0.15) is 19.3 Å². The second-order valence-corrected chi connectivity index (χ2v) is 3.83. The minimum Gasteiger partial charge on any atom is -0.299 e. The van der Waals surface area contributed by atoms with Gasteiger partial charge in [0.2, 0.25) is 0 Å². The Morgan fingerprint density at radius 2 is 2.00 bits per heavy atom. The quantitative estimate of drug-likeness (QED) is 0.527. The van der Waals surface area contributed by atoms with Crippen molar-refractivity contribution in [3.8, 4) is 0 Å². The lowest BCUT2D eigenvalue weighted by Crippen LogP contribution is -2.49. The van der Waals surface area contributed by atoms with Gasteiger partial charge in [0, 0.05) is 11.9 Å². The number of rotatable bonds is 1. The average molecular weight is 160 g/mol. The number of hydrogen-bond donors (Lipinski definition) is 0. The van der Waals surface area contributed by atoms with Crippen molar-refractivity contribution < 1.29 is 0 Å². The lowest BCUT2D eigenvalue weighted by Gasteiger charge is -2.44. The highest BCUT2D eigenvalue weighted by molar-refractivity contribution is 6.18. The molecule has 0 N–H and O–H groups in total. The molecule has 0 amide bonds. The summed E-state index contributed by atoms with van der Waals surface area (Å²) >= 11 is 5.83. The van der Waals surface area contributed by atoms with Crippen LogP contribution in [-0.4, -0.2) is 29.9 Å². The van der Waals surface area contributed by atoms with Crippen molar-refractivity contribution in [2.24, 2.45) is 5.92 Å². The Bertz CT molecular complexity index is 118. The first-order valence-corrected chi connectivity index (χ1v) is 4.73. The van der Waals surface area contributed by atoms with Crippen LogP contribution < -0.4 is 0 Å². The molecule has 0 aromatic carbocycles. The molecule has 1 atom stereocenters. The SMILES string of the molecule is ClCC1CC2CCN1CC2. The van der Waals surface area contributed by atoms with Gasteiger partial charge in [-0.2, -0.15) is 0 Å². The normalized spacial score (nSPS) is 45.9. The van der Waals surface area contributed by atoms with Gasteiger partial charge < -0.3 is 0 Å². The Kier molecular flexibility index (Phi) is 1.88. The molecule has 0 aromatic heterocycles. The molecule has 3 heterocycles. The predicted molar refractivity (Wildman–Crippen MR) is 43.4 cm³/mol. The molecular formula is C8H14ClN. The molecule has 0 radical (unpaired) electrons.